The van der Waals surface area contributed by atoms with Crippen LogP contribution in [0.1, 0.15) is 25.1 Å². The standard InChI is InChI=1S/C25H25FN4O2/c1-27-18-9-6-16(7-10-18)24-23(17-8-12-21(32-3)20(26)15-17)25(31)30(2)22(29-24)13-11-19-5-4-14-28-19/h6-10,12,15,19,28H,4-5,11,13-14H2,2-3H3. The number of aromatic nitrogens is 2. The summed E-state index contributed by atoms with van der Waals surface area (Å²) >= 11 is 0. The van der Waals surface area contributed by atoms with Crippen LogP contribution in [0.4, 0.5) is 10.1 Å². The van der Waals surface area contributed by atoms with Gasteiger partial charge in [0.2, 0.25) is 0 Å². The summed E-state index contributed by atoms with van der Waals surface area (Å²) in [7, 11) is 3.11. The highest BCUT2D eigenvalue weighted by Gasteiger charge is 2.21. The molecule has 0 aliphatic carbocycles. The van der Waals surface area contributed by atoms with Crippen LogP contribution in [-0.4, -0.2) is 29.2 Å². The van der Waals surface area contributed by atoms with Gasteiger partial charge in [0, 0.05) is 19.5 Å². The lowest BCUT2D eigenvalue weighted by atomic mass is 9.99. The Morgan fingerprint density at radius 2 is 2.00 bits per heavy atom. The van der Waals surface area contributed by atoms with Crippen molar-refractivity contribution in [1.82, 2.24) is 14.9 Å². The SMILES string of the molecule is [C-]#[N+]c1ccc(-c2nc(CCC3CCCN3)n(C)c(=O)c2-c2ccc(OC)c(F)c2)cc1. The number of ether oxygens (including phenoxy) is 1. The Balaban J connectivity index is 1.85. The van der Waals surface area contributed by atoms with Gasteiger partial charge in [0.15, 0.2) is 17.3 Å². The highest BCUT2D eigenvalue weighted by Crippen LogP contribution is 2.32. The summed E-state index contributed by atoms with van der Waals surface area (Å²) in [6.07, 6.45) is 3.85. The molecule has 1 aliphatic rings. The summed E-state index contributed by atoms with van der Waals surface area (Å²) in [6.45, 7) is 8.21. The van der Waals surface area contributed by atoms with Crippen molar-refractivity contribution in [2.75, 3.05) is 13.7 Å². The molecule has 0 radical (unpaired) electrons. The van der Waals surface area contributed by atoms with Crippen LogP contribution in [0.2, 0.25) is 0 Å². The summed E-state index contributed by atoms with van der Waals surface area (Å²) in [5, 5.41) is 3.48. The van der Waals surface area contributed by atoms with Gasteiger partial charge >= 0.3 is 0 Å². The van der Waals surface area contributed by atoms with Crippen LogP contribution in [-0.2, 0) is 13.5 Å². The second kappa shape index (κ2) is 9.33. The van der Waals surface area contributed by atoms with Crippen molar-refractivity contribution in [3.8, 4) is 28.1 Å². The van der Waals surface area contributed by atoms with Gasteiger partial charge in [-0.25, -0.2) is 14.2 Å². The van der Waals surface area contributed by atoms with E-state index in [9.17, 15) is 9.18 Å². The van der Waals surface area contributed by atoms with Gasteiger partial charge in [-0.2, -0.15) is 0 Å². The highest BCUT2D eigenvalue weighted by atomic mass is 19.1. The number of hydrogen-bond acceptors (Lipinski definition) is 4. The molecule has 3 aromatic rings. The molecule has 2 heterocycles. The molecule has 1 aromatic heterocycles. The molecule has 1 unspecified atom stereocenters. The second-order valence-corrected chi connectivity index (χ2v) is 7.96. The molecule has 0 bridgehead atoms. The lowest BCUT2D eigenvalue weighted by molar-refractivity contribution is 0.386. The maximum absolute atomic E-state index is 14.5. The van der Waals surface area contributed by atoms with Crippen LogP contribution in [0, 0.1) is 12.4 Å². The summed E-state index contributed by atoms with van der Waals surface area (Å²) in [5.41, 5.74) is 2.23. The normalized spacial score (nSPS) is 15.5. The van der Waals surface area contributed by atoms with E-state index in [4.69, 9.17) is 16.3 Å². The second-order valence-electron chi connectivity index (χ2n) is 7.96. The fourth-order valence-electron chi connectivity index (χ4n) is 4.16. The monoisotopic (exact) mass is 432 g/mol. The maximum Gasteiger partial charge on any atom is 0.261 e. The number of halogens is 1. The van der Waals surface area contributed by atoms with Crippen molar-refractivity contribution in [1.29, 1.82) is 0 Å². The smallest absolute Gasteiger partial charge is 0.261 e. The van der Waals surface area contributed by atoms with Crippen LogP contribution in [0.3, 0.4) is 0 Å². The van der Waals surface area contributed by atoms with Gasteiger partial charge in [-0.1, -0.05) is 30.3 Å². The van der Waals surface area contributed by atoms with Crippen molar-refractivity contribution in [2.24, 2.45) is 7.05 Å². The van der Waals surface area contributed by atoms with Gasteiger partial charge in [0.25, 0.3) is 5.56 Å². The van der Waals surface area contributed by atoms with Gasteiger partial charge in [-0.15, -0.1) is 0 Å². The van der Waals surface area contributed by atoms with E-state index in [0.717, 1.165) is 25.8 Å². The fourth-order valence-corrected chi connectivity index (χ4v) is 4.16. The molecule has 1 atom stereocenters. The number of hydrogen-bond donors (Lipinski definition) is 1. The maximum atomic E-state index is 14.5. The van der Waals surface area contributed by atoms with Gasteiger partial charge in [0.05, 0.1) is 24.9 Å². The highest BCUT2D eigenvalue weighted by molar-refractivity contribution is 5.81. The van der Waals surface area contributed by atoms with E-state index in [1.807, 2.05) is 0 Å². The zero-order chi connectivity index (χ0) is 22.7. The zero-order valence-corrected chi connectivity index (χ0v) is 18.2. The topological polar surface area (TPSA) is 60.5 Å². The Morgan fingerprint density at radius 3 is 2.62 bits per heavy atom. The van der Waals surface area contributed by atoms with E-state index in [2.05, 4.69) is 10.2 Å². The third-order valence-corrected chi connectivity index (χ3v) is 5.97. The largest absolute Gasteiger partial charge is 0.494 e. The molecule has 1 aliphatic heterocycles. The lowest BCUT2D eigenvalue weighted by Gasteiger charge is -2.17. The Hall–Kier alpha value is -3.50. The molecule has 1 fully saturated rings. The molecule has 2 aromatic carbocycles. The van der Waals surface area contributed by atoms with Crippen LogP contribution >= 0.6 is 0 Å². The van der Waals surface area contributed by atoms with E-state index in [0.29, 0.717) is 46.4 Å². The Kier molecular flexibility index (Phi) is 6.33. The van der Waals surface area contributed by atoms with Crippen LogP contribution in [0.25, 0.3) is 27.2 Å². The number of nitrogens with zero attached hydrogens (tertiary/aromatic N) is 3. The molecule has 0 amide bonds. The van der Waals surface area contributed by atoms with Crippen molar-refractivity contribution >= 4 is 5.69 Å². The fraction of sp³-hybridized carbons (Fsp3) is 0.320. The molecule has 6 nitrogen and oxygen atoms in total. The molecule has 32 heavy (non-hydrogen) atoms. The number of nitrogens with one attached hydrogen (secondary N) is 1. The Morgan fingerprint density at radius 1 is 1.25 bits per heavy atom. The van der Waals surface area contributed by atoms with Gasteiger partial charge in [-0.05, 0) is 49.1 Å². The first-order chi connectivity index (χ1) is 15.5. The average molecular weight is 432 g/mol. The number of aryl methyl sites for hydroxylation is 1. The predicted molar refractivity (Wildman–Crippen MR) is 122 cm³/mol. The Labute approximate surface area is 186 Å². The number of rotatable bonds is 6. The van der Waals surface area contributed by atoms with Gasteiger partial charge in [0.1, 0.15) is 5.82 Å². The molecule has 4 rings (SSSR count). The van der Waals surface area contributed by atoms with E-state index < -0.39 is 5.82 Å². The molecule has 164 valence electrons. The molecule has 0 saturated carbocycles. The first kappa shape index (κ1) is 21.7. The molecule has 1 N–H and O–H groups in total. The first-order valence-corrected chi connectivity index (χ1v) is 10.7. The van der Waals surface area contributed by atoms with Crippen molar-refractivity contribution in [2.45, 2.75) is 31.7 Å². The quantitative estimate of drug-likeness (QED) is 0.583. The third-order valence-electron chi connectivity index (χ3n) is 5.97. The number of benzene rings is 2. The summed E-state index contributed by atoms with van der Waals surface area (Å²) < 4.78 is 21.1. The summed E-state index contributed by atoms with van der Waals surface area (Å²) in [4.78, 5) is 21.8. The minimum Gasteiger partial charge on any atom is -0.494 e. The molecular formula is C25H25FN4O2. The van der Waals surface area contributed by atoms with Crippen LogP contribution in [0.15, 0.2) is 47.3 Å². The van der Waals surface area contributed by atoms with Crippen LogP contribution < -0.4 is 15.6 Å². The molecule has 0 spiro atoms. The van der Waals surface area contributed by atoms with Gasteiger partial charge < -0.3 is 10.1 Å². The average Bonchev–Trinajstić information content (AvgIpc) is 3.33. The van der Waals surface area contributed by atoms with Gasteiger partial charge in [-0.3, -0.25) is 9.36 Å². The first-order valence-electron chi connectivity index (χ1n) is 10.7. The van der Waals surface area contributed by atoms with Crippen molar-refractivity contribution < 1.29 is 9.13 Å². The Bertz CT molecular complexity index is 1220. The number of methoxy groups -OCH3 is 1. The zero-order valence-electron chi connectivity index (χ0n) is 18.2. The van der Waals surface area contributed by atoms with Crippen molar-refractivity contribution in [3.63, 3.8) is 0 Å². The summed E-state index contributed by atoms with van der Waals surface area (Å²) in [5.74, 6) is 0.255. The molecule has 7 heteroatoms. The van der Waals surface area contributed by atoms with Crippen molar-refractivity contribution in [3.05, 3.63) is 75.9 Å². The van der Waals surface area contributed by atoms with E-state index in [-0.39, 0.29) is 11.3 Å². The summed E-state index contributed by atoms with van der Waals surface area (Å²) in [6, 6.07) is 11.9. The predicted octanol–water partition coefficient (Wildman–Crippen LogP) is 4.50. The van der Waals surface area contributed by atoms with E-state index in [1.54, 1.807) is 41.9 Å². The van der Waals surface area contributed by atoms with Crippen LogP contribution in [0.5, 0.6) is 5.75 Å². The third kappa shape index (κ3) is 4.27. The lowest BCUT2D eigenvalue weighted by Crippen LogP contribution is -2.27. The molecule has 1 saturated heterocycles. The minimum absolute atomic E-state index is 0.113. The van der Waals surface area contributed by atoms with E-state index >= 15 is 0 Å². The minimum atomic E-state index is -0.544. The molecular weight excluding hydrogens is 407 g/mol. The van der Waals surface area contributed by atoms with E-state index in [1.165, 1.54) is 19.2 Å².